The van der Waals surface area contributed by atoms with Crippen LogP contribution in [0.4, 0.5) is 5.69 Å². The molecule has 1 aliphatic rings. The van der Waals surface area contributed by atoms with Crippen LogP contribution in [0.5, 0.6) is 0 Å². The van der Waals surface area contributed by atoms with Crippen LogP contribution in [0.15, 0.2) is 53.9 Å². The predicted molar refractivity (Wildman–Crippen MR) is 94.7 cm³/mol. The third kappa shape index (κ3) is 3.05. The van der Waals surface area contributed by atoms with Gasteiger partial charge >= 0.3 is 0 Å². The second-order valence-corrected chi connectivity index (χ2v) is 7.50. The number of nitrogens with two attached hydrogens (primary N) is 1. The van der Waals surface area contributed by atoms with Crippen molar-refractivity contribution < 1.29 is 13.2 Å². The van der Waals surface area contributed by atoms with Crippen LogP contribution in [0.1, 0.15) is 16.7 Å². The molecule has 0 bridgehead atoms. The highest BCUT2D eigenvalue weighted by Crippen LogP contribution is 2.34. The number of fused-ring (bicyclic) bond motifs is 1. The van der Waals surface area contributed by atoms with Gasteiger partial charge in [0.05, 0.1) is 11.1 Å². The highest BCUT2D eigenvalue weighted by Gasteiger charge is 2.39. The Morgan fingerprint density at radius 3 is 2.50 bits per heavy atom. The number of nitrogens with zero attached hydrogens (tertiary/aromatic N) is 1. The number of carbonyl (C=O) groups is 1. The molecule has 2 aromatic rings. The highest BCUT2D eigenvalue weighted by atomic mass is 32.2. The molecular weight excluding hydrogens is 324 g/mol. The number of carbonyl (C=O) groups excluding carboxylic acids is 1. The number of anilines is 1. The number of sulfonamides is 1. The lowest BCUT2D eigenvalue weighted by Crippen LogP contribution is -2.45. The van der Waals surface area contributed by atoms with Crippen LogP contribution in [0.3, 0.4) is 0 Å². The van der Waals surface area contributed by atoms with Crippen molar-refractivity contribution in [3.05, 3.63) is 70.6 Å². The Morgan fingerprint density at radius 1 is 1.17 bits per heavy atom. The summed E-state index contributed by atoms with van der Waals surface area (Å²) in [7, 11) is -3.82. The van der Waals surface area contributed by atoms with Crippen molar-refractivity contribution in [1.29, 1.82) is 0 Å². The number of benzene rings is 2. The number of hydrogen-bond acceptors (Lipinski definition) is 3. The van der Waals surface area contributed by atoms with E-state index in [9.17, 15) is 13.2 Å². The Hall–Kier alpha value is -2.60. The molecule has 24 heavy (non-hydrogen) atoms. The lowest BCUT2D eigenvalue weighted by atomic mass is 10.1. The smallest absolute Gasteiger partial charge is 0.258 e. The van der Waals surface area contributed by atoms with E-state index in [1.165, 1.54) is 6.08 Å². The molecule has 0 spiro atoms. The molecule has 124 valence electrons. The zero-order valence-electron chi connectivity index (χ0n) is 13.2. The minimum Gasteiger partial charge on any atom is -0.368 e. The second-order valence-electron chi connectivity index (χ2n) is 5.81. The van der Waals surface area contributed by atoms with Gasteiger partial charge in [0.15, 0.2) is 0 Å². The van der Waals surface area contributed by atoms with E-state index in [1.807, 2.05) is 43.3 Å². The van der Waals surface area contributed by atoms with Gasteiger partial charge in [-0.3, -0.25) is 9.10 Å². The standard InChI is InChI=1S/C18H18N2O3S/c1-13-6-8-14(9-7-13)10-11-24(22,23)20-16-5-3-2-4-15(16)12-17(20)18(19)21/h2-11,17H,12H2,1H3,(H2,19,21)/b11-10-/t17-/m0/s1. The highest BCUT2D eigenvalue weighted by molar-refractivity contribution is 7.95. The molecule has 0 saturated carbocycles. The van der Waals surface area contributed by atoms with E-state index >= 15 is 0 Å². The quantitative estimate of drug-likeness (QED) is 0.925. The van der Waals surface area contributed by atoms with Gasteiger partial charge in [0.25, 0.3) is 10.0 Å². The van der Waals surface area contributed by atoms with Crippen molar-refractivity contribution in [3.63, 3.8) is 0 Å². The summed E-state index contributed by atoms with van der Waals surface area (Å²) in [5.74, 6) is -0.654. The molecule has 1 heterocycles. The Morgan fingerprint density at radius 2 is 1.83 bits per heavy atom. The minimum atomic E-state index is -3.82. The van der Waals surface area contributed by atoms with E-state index in [0.29, 0.717) is 12.1 Å². The average Bonchev–Trinajstić information content (AvgIpc) is 2.95. The zero-order chi connectivity index (χ0) is 17.3. The summed E-state index contributed by atoms with van der Waals surface area (Å²) in [5.41, 5.74) is 8.59. The molecule has 6 heteroatoms. The van der Waals surface area contributed by atoms with Gasteiger partial charge < -0.3 is 5.73 Å². The van der Waals surface area contributed by atoms with Crippen molar-refractivity contribution in [2.45, 2.75) is 19.4 Å². The molecule has 5 nitrogen and oxygen atoms in total. The Kier molecular flexibility index (Phi) is 4.15. The molecule has 0 saturated heterocycles. The van der Waals surface area contributed by atoms with E-state index in [4.69, 9.17) is 5.73 Å². The van der Waals surface area contributed by atoms with Crippen molar-refractivity contribution >= 4 is 27.7 Å². The van der Waals surface area contributed by atoms with E-state index in [0.717, 1.165) is 26.4 Å². The summed E-state index contributed by atoms with van der Waals surface area (Å²) in [6.07, 6.45) is 1.82. The molecule has 1 aliphatic heterocycles. The first kappa shape index (κ1) is 16.3. The molecule has 1 amide bonds. The number of amides is 1. The minimum absolute atomic E-state index is 0.295. The van der Waals surface area contributed by atoms with Gasteiger partial charge in [0.2, 0.25) is 5.91 Å². The summed E-state index contributed by atoms with van der Waals surface area (Å²) in [4.78, 5) is 11.7. The Bertz CT molecular complexity index is 902. The number of para-hydroxylation sites is 1. The maximum absolute atomic E-state index is 12.8. The normalized spacial score (nSPS) is 17.2. The molecule has 0 fully saturated rings. The monoisotopic (exact) mass is 342 g/mol. The first-order valence-corrected chi connectivity index (χ1v) is 9.05. The molecular formula is C18H18N2O3S. The van der Waals surface area contributed by atoms with Crippen molar-refractivity contribution in [1.82, 2.24) is 0 Å². The maximum atomic E-state index is 12.8. The number of rotatable bonds is 4. The molecule has 0 aliphatic carbocycles. The molecule has 3 rings (SSSR count). The van der Waals surface area contributed by atoms with Gasteiger partial charge in [-0.1, -0.05) is 48.0 Å². The lowest BCUT2D eigenvalue weighted by molar-refractivity contribution is -0.118. The fourth-order valence-corrected chi connectivity index (χ4v) is 4.24. The van der Waals surface area contributed by atoms with Crippen LogP contribution in [0, 0.1) is 6.92 Å². The van der Waals surface area contributed by atoms with Gasteiger partial charge in [-0.25, -0.2) is 8.42 Å². The maximum Gasteiger partial charge on any atom is 0.258 e. The molecule has 1 atom stereocenters. The Labute approximate surface area is 141 Å². The zero-order valence-corrected chi connectivity index (χ0v) is 14.0. The third-order valence-electron chi connectivity index (χ3n) is 4.04. The van der Waals surface area contributed by atoms with Gasteiger partial charge in [-0.2, -0.15) is 0 Å². The fourth-order valence-electron chi connectivity index (χ4n) is 2.80. The molecule has 0 radical (unpaired) electrons. The largest absolute Gasteiger partial charge is 0.368 e. The summed E-state index contributed by atoms with van der Waals surface area (Å²) >= 11 is 0. The number of aryl methyl sites for hydroxylation is 1. The second kappa shape index (κ2) is 6.13. The third-order valence-corrected chi connectivity index (χ3v) is 5.52. The van der Waals surface area contributed by atoms with Crippen LogP contribution in [-0.4, -0.2) is 20.4 Å². The van der Waals surface area contributed by atoms with Crippen LogP contribution in [0.2, 0.25) is 0 Å². The molecule has 2 aromatic carbocycles. The molecule has 0 aromatic heterocycles. The van der Waals surface area contributed by atoms with Crippen molar-refractivity contribution in [3.8, 4) is 0 Å². The summed E-state index contributed by atoms with van der Waals surface area (Å²) < 4.78 is 26.7. The average molecular weight is 342 g/mol. The van der Waals surface area contributed by atoms with Crippen LogP contribution in [-0.2, 0) is 21.2 Å². The SMILES string of the molecule is Cc1ccc(/C=C\S(=O)(=O)N2c3ccccc3C[C@H]2C(N)=O)cc1. The van der Waals surface area contributed by atoms with Gasteiger partial charge in [0, 0.05) is 6.42 Å². The van der Waals surface area contributed by atoms with Gasteiger partial charge in [-0.15, -0.1) is 0 Å². The summed E-state index contributed by atoms with van der Waals surface area (Å²) in [5, 5.41) is 1.12. The van der Waals surface area contributed by atoms with Crippen LogP contribution >= 0.6 is 0 Å². The molecule has 2 N–H and O–H groups in total. The predicted octanol–water partition coefficient (Wildman–Crippen LogP) is 2.21. The topological polar surface area (TPSA) is 80.5 Å². The lowest BCUT2D eigenvalue weighted by Gasteiger charge is -2.23. The first-order chi connectivity index (χ1) is 11.4. The Balaban J connectivity index is 1.97. The summed E-state index contributed by atoms with van der Waals surface area (Å²) in [6, 6.07) is 13.7. The number of primary amides is 1. The van der Waals surface area contributed by atoms with Gasteiger partial charge in [-0.05, 0) is 30.2 Å². The molecule has 0 unspecified atom stereocenters. The van der Waals surface area contributed by atoms with E-state index in [1.54, 1.807) is 12.1 Å². The van der Waals surface area contributed by atoms with E-state index in [-0.39, 0.29) is 0 Å². The summed E-state index contributed by atoms with van der Waals surface area (Å²) in [6.45, 7) is 1.96. The van der Waals surface area contributed by atoms with Crippen molar-refractivity contribution in [2.75, 3.05) is 4.31 Å². The van der Waals surface area contributed by atoms with Crippen LogP contribution in [0.25, 0.3) is 6.08 Å². The van der Waals surface area contributed by atoms with E-state index < -0.39 is 22.0 Å². The fraction of sp³-hybridized carbons (Fsp3) is 0.167. The number of hydrogen-bond donors (Lipinski definition) is 1. The van der Waals surface area contributed by atoms with Crippen molar-refractivity contribution in [2.24, 2.45) is 5.73 Å². The first-order valence-electron chi connectivity index (χ1n) is 7.55. The van der Waals surface area contributed by atoms with Gasteiger partial charge in [0.1, 0.15) is 6.04 Å². The van der Waals surface area contributed by atoms with Crippen LogP contribution < -0.4 is 10.0 Å². The van der Waals surface area contributed by atoms with E-state index in [2.05, 4.69) is 0 Å².